The third kappa shape index (κ3) is 4.53. The first kappa shape index (κ1) is 16.9. The third-order valence-corrected chi connectivity index (χ3v) is 3.63. The van der Waals surface area contributed by atoms with E-state index in [0.29, 0.717) is 0 Å². The van der Waals surface area contributed by atoms with Crippen LogP contribution >= 0.6 is 0 Å². The van der Waals surface area contributed by atoms with Gasteiger partial charge in [0.15, 0.2) is 0 Å². The molecule has 2 rings (SSSR count). The first-order valence-corrected chi connectivity index (χ1v) is 6.79. The molecule has 0 aromatic heterocycles. The lowest BCUT2D eigenvalue weighted by atomic mass is 9.91. The average molecular weight is 326 g/mol. The van der Waals surface area contributed by atoms with E-state index in [1.807, 2.05) is 0 Å². The number of hydrogen-bond acceptors (Lipinski definition) is 2. The number of nitrogens with zero attached hydrogens (tertiary/aromatic N) is 1. The van der Waals surface area contributed by atoms with Crippen molar-refractivity contribution in [1.29, 1.82) is 0 Å². The fraction of sp³-hybridized carbons (Fsp3) is 0.571. The summed E-state index contributed by atoms with van der Waals surface area (Å²) < 4.78 is 75.7. The lowest BCUT2D eigenvalue weighted by Crippen LogP contribution is -2.48. The summed E-state index contributed by atoms with van der Waals surface area (Å²) in [4.78, 5) is 1.50. The lowest BCUT2D eigenvalue weighted by molar-refractivity contribution is -0.145. The molecule has 8 heteroatoms. The van der Waals surface area contributed by atoms with Gasteiger partial charge in [-0.1, -0.05) is 6.07 Å². The highest BCUT2D eigenvalue weighted by Gasteiger charge is 2.36. The van der Waals surface area contributed by atoms with Gasteiger partial charge in [0.2, 0.25) is 0 Å². The van der Waals surface area contributed by atoms with Gasteiger partial charge in [-0.25, -0.2) is 0 Å². The summed E-state index contributed by atoms with van der Waals surface area (Å²) in [5.41, 5.74) is 5.19. The van der Waals surface area contributed by atoms with Gasteiger partial charge in [-0.2, -0.15) is 26.3 Å². The van der Waals surface area contributed by atoms with Crippen LogP contribution < -0.4 is 10.6 Å². The summed E-state index contributed by atoms with van der Waals surface area (Å²) in [6, 6.07) is 4.09. The molecule has 0 saturated carbocycles. The summed E-state index contributed by atoms with van der Waals surface area (Å²) >= 11 is 0. The maximum absolute atomic E-state index is 12.7. The molecule has 2 atom stereocenters. The van der Waals surface area contributed by atoms with Gasteiger partial charge in [0.05, 0.1) is 5.56 Å². The highest BCUT2D eigenvalue weighted by molar-refractivity contribution is 5.50. The van der Waals surface area contributed by atoms with Crippen molar-refractivity contribution in [1.82, 2.24) is 0 Å². The highest BCUT2D eigenvalue weighted by Crippen LogP contribution is 2.34. The van der Waals surface area contributed by atoms with Crippen molar-refractivity contribution < 1.29 is 26.3 Å². The van der Waals surface area contributed by atoms with Crippen LogP contribution in [0.2, 0.25) is 0 Å². The molecule has 0 bridgehead atoms. The van der Waals surface area contributed by atoms with Gasteiger partial charge in [-0.3, -0.25) is 0 Å². The predicted molar refractivity (Wildman–Crippen MR) is 70.4 cm³/mol. The van der Waals surface area contributed by atoms with E-state index in [-0.39, 0.29) is 25.2 Å². The van der Waals surface area contributed by atoms with Crippen LogP contribution in [0.4, 0.5) is 32.0 Å². The number of piperidine rings is 1. The van der Waals surface area contributed by atoms with Gasteiger partial charge >= 0.3 is 12.4 Å². The van der Waals surface area contributed by atoms with Crippen LogP contribution in [0, 0.1) is 5.92 Å². The molecule has 0 radical (unpaired) electrons. The highest BCUT2D eigenvalue weighted by atomic mass is 19.4. The summed E-state index contributed by atoms with van der Waals surface area (Å²) in [6.07, 6.45) is -9.55. The number of benzene rings is 1. The summed E-state index contributed by atoms with van der Waals surface area (Å²) in [6.45, 7) is 0.296. The minimum absolute atomic E-state index is 0.0501. The molecule has 1 aromatic carbocycles. The van der Waals surface area contributed by atoms with Gasteiger partial charge in [0.1, 0.15) is 0 Å². The van der Waals surface area contributed by atoms with E-state index in [2.05, 4.69) is 0 Å². The first-order chi connectivity index (χ1) is 10.0. The molecular formula is C14H16F6N2. The SMILES string of the molecule is NC1CC(CC(F)(F)F)CN(c2cccc(C(F)(F)F)c2)C1. The van der Waals surface area contributed by atoms with Gasteiger partial charge in [0, 0.05) is 31.2 Å². The third-order valence-electron chi connectivity index (χ3n) is 3.63. The van der Waals surface area contributed by atoms with E-state index in [0.717, 1.165) is 12.1 Å². The molecule has 22 heavy (non-hydrogen) atoms. The Morgan fingerprint density at radius 1 is 1.09 bits per heavy atom. The first-order valence-electron chi connectivity index (χ1n) is 6.79. The zero-order chi connectivity index (χ0) is 16.5. The van der Waals surface area contributed by atoms with Crippen LogP contribution in [0.5, 0.6) is 0 Å². The largest absolute Gasteiger partial charge is 0.416 e. The van der Waals surface area contributed by atoms with Crippen LogP contribution in [0.3, 0.4) is 0 Å². The molecule has 124 valence electrons. The number of anilines is 1. The molecule has 1 saturated heterocycles. The number of alkyl halides is 6. The topological polar surface area (TPSA) is 29.3 Å². The Morgan fingerprint density at radius 2 is 1.77 bits per heavy atom. The monoisotopic (exact) mass is 326 g/mol. The second-order valence-electron chi connectivity index (χ2n) is 5.63. The van der Waals surface area contributed by atoms with E-state index >= 15 is 0 Å². The van der Waals surface area contributed by atoms with Crippen molar-refractivity contribution in [3.63, 3.8) is 0 Å². The van der Waals surface area contributed by atoms with Crippen molar-refractivity contribution in [2.45, 2.75) is 31.2 Å². The van der Waals surface area contributed by atoms with Crippen molar-refractivity contribution in [3.05, 3.63) is 29.8 Å². The molecule has 1 aliphatic rings. The average Bonchev–Trinajstić information content (AvgIpc) is 2.35. The Labute approximate surface area is 123 Å². The Balaban J connectivity index is 2.17. The fourth-order valence-electron chi connectivity index (χ4n) is 2.81. The van der Waals surface area contributed by atoms with E-state index in [9.17, 15) is 26.3 Å². The van der Waals surface area contributed by atoms with Crippen LogP contribution in [0.1, 0.15) is 18.4 Å². The Morgan fingerprint density at radius 3 is 2.36 bits per heavy atom. The Bertz CT molecular complexity index is 511. The molecular weight excluding hydrogens is 310 g/mol. The fourth-order valence-corrected chi connectivity index (χ4v) is 2.81. The van der Waals surface area contributed by atoms with Crippen molar-refractivity contribution in [3.8, 4) is 0 Å². The van der Waals surface area contributed by atoms with Gasteiger partial charge in [-0.05, 0) is 30.5 Å². The second kappa shape index (κ2) is 5.98. The molecule has 2 nitrogen and oxygen atoms in total. The van der Waals surface area contributed by atoms with Crippen LogP contribution in [0.25, 0.3) is 0 Å². The zero-order valence-corrected chi connectivity index (χ0v) is 11.6. The quantitative estimate of drug-likeness (QED) is 0.838. The zero-order valence-electron chi connectivity index (χ0n) is 11.6. The molecule has 0 spiro atoms. The molecule has 0 amide bonds. The minimum atomic E-state index is -4.49. The maximum Gasteiger partial charge on any atom is 0.416 e. The lowest BCUT2D eigenvalue weighted by Gasteiger charge is -2.38. The van der Waals surface area contributed by atoms with E-state index < -0.39 is 36.3 Å². The normalized spacial score (nSPS) is 23.7. The van der Waals surface area contributed by atoms with Crippen molar-refractivity contribution in [2.75, 3.05) is 18.0 Å². The molecule has 1 aromatic rings. The molecule has 2 unspecified atom stereocenters. The Kier molecular flexibility index (Phi) is 4.60. The molecule has 1 fully saturated rings. The van der Waals surface area contributed by atoms with Gasteiger partial charge < -0.3 is 10.6 Å². The van der Waals surface area contributed by atoms with E-state index in [1.165, 1.54) is 17.0 Å². The number of halogens is 6. The van der Waals surface area contributed by atoms with Crippen LogP contribution in [-0.2, 0) is 6.18 Å². The van der Waals surface area contributed by atoms with E-state index in [4.69, 9.17) is 5.73 Å². The summed E-state index contributed by atoms with van der Waals surface area (Å²) in [7, 11) is 0. The smallest absolute Gasteiger partial charge is 0.370 e. The maximum atomic E-state index is 12.7. The minimum Gasteiger partial charge on any atom is -0.370 e. The molecule has 1 aliphatic heterocycles. The number of rotatable bonds is 2. The second-order valence-corrected chi connectivity index (χ2v) is 5.63. The Hall–Kier alpha value is -1.44. The predicted octanol–water partition coefficient (Wildman–Crippen LogP) is 3.81. The van der Waals surface area contributed by atoms with Gasteiger partial charge in [-0.15, -0.1) is 0 Å². The standard InChI is InChI=1S/C14H16F6N2/c15-13(16,17)6-9-4-11(21)8-22(7-9)12-3-1-2-10(5-12)14(18,19)20/h1-3,5,9,11H,4,6-8,21H2. The summed E-state index contributed by atoms with van der Waals surface area (Å²) in [5, 5.41) is 0. The summed E-state index contributed by atoms with van der Waals surface area (Å²) in [5.74, 6) is -0.710. The van der Waals surface area contributed by atoms with E-state index in [1.54, 1.807) is 0 Å². The number of nitrogens with two attached hydrogens (primary N) is 1. The van der Waals surface area contributed by atoms with Crippen LogP contribution in [0.15, 0.2) is 24.3 Å². The van der Waals surface area contributed by atoms with Crippen LogP contribution in [-0.4, -0.2) is 25.3 Å². The molecule has 2 N–H and O–H groups in total. The van der Waals surface area contributed by atoms with Gasteiger partial charge in [0.25, 0.3) is 0 Å². The number of hydrogen-bond donors (Lipinski definition) is 1. The molecule has 1 heterocycles. The van der Waals surface area contributed by atoms with Crippen molar-refractivity contribution >= 4 is 5.69 Å². The molecule has 0 aliphatic carbocycles. The van der Waals surface area contributed by atoms with Crippen molar-refractivity contribution in [2.24, 2.45) is 11.7 Å².